The molecule has 1 aromatic heterocycles. The Morgan fingerprint density at radius 3 is 2.75 bits per heavy atom. The van der Waals surface area contributed by atoms with Gasteiger partial charge >= 0.3 is 0 Å². The minimum atomic E-state index is -0.185. The van der Waals surface area contributed by atoms with Crippen LogP contribution in [0.5, 0.6) is 0 Å². The van der Waals surface area contributed by atoms with Crippen molar-refractivity contribution >= 4 is 10.9 Å². The minimum Gasteiger partial charge on any atom is -0.343 e. The molecule has 0 unspecified atom stereocenters. The third-order valence-electron chi connectivity index (χ3n) is 3.46. The zero-order valence-corrected chi connectivity index (χ0v) is 11.4. The first-order valence-electron chi connectivity index (χ1n) is 6.73. The molecular formula is C17H17FN2. The van der Waals surface area contributed by atoms with E-state index < -0.39 is 0 Å². The molecule has 0 bridgehead atoms. The Labute approximate surface area is 117 Å². The SMILES string of the molecule is CNCc1ccc2ccn(Cc3cccc(F)c3)c2c1. The topological polar surface area (TPSA) is 17.0 Å². The number of nitrogens with zero attached hydrogens (tertiary/aromatic N) is 1. The highest BCUT2D eigenvalue weighted by Crippen LogP contribution is 2.19. The van der Waals surface area contributed by atoms with Crippen molar-refractivity contribution in [2.24, 2.45) is 0 Å². The van der Waals surface area contributed by atoms with Gasteiger partial charge in [-0.1, -0.05) is 24.3 Å². The van der Waals surface area contributed by atoms with Gasteiger partial charge in [0.25, 0.3) is 0 Å². The van der Waals surface area contributed by atoms with Crippen molar-refractivity contribution in [3.05, 3.63) is 71.7 Å². The molecule has 0 saturated heterocycles. The van der Waals surface area contributed by atoms with Crippen LogP contribution in [0.2, 0.25) is 0 Å². The maximum atomic E-state index is 13.3. The molecule has 0 aliphatic heterocycles. The first-order chi connectivity index (χ1) is 9.76. The molecular weight excluding hydrogens is 251 g/mol. The van der Waals surface area contributed by atoms with E-state index in [1.807, 2.05) is 13.1 Å². The van der Waals surface area contributed by atoms with Crippen LogP contribution in [0.1, 0.15) is 11.1 Å². The first-order valence-corrected chi connectivity index (χ1v) is 6.73. The Hall–Kier alpha value is -2.13. The van der Waals surface area contributed by atoms with Gasteiger partial charge in [-0.25, -0.2) is 4.39 Å². The summed E-state index contributed by atoms with van der Waals surface area (Å²) in [5, 5.41) is 4.37. The molecule has 0 atom stereocenters. The Bertz CT molecular complexity index is 731. The lowest BCUT2D eigenvalue weighted by atomic mass is 10.1. The van der Waals surface area contributed by atoms with E-state index in [1.54, 1.807) is 12.1 Å². The second-order valence-corrected chi connectivity index (χ2v) is 5.00. The molecule has 3 aromatic rings. The van der Waals surface area contributed by atoms with Gasteiger partial charge in [0.05, 0.1) is 0 Å². The fraction of sp³-hybridized carbons (Fsp3) is 0.176. The van der Waals surface area contributed by atoms with E-state index in [4.69, 9.17) is 0 Å². The van der Waals surface area contributed by atoms with Crippen molar-refractivity contribution in [3.63, 3.8) is 0 Å². The highest BCUT2D eigenvalue weighted by molar-refractivity contribution is 5.80. The molecule has 0 spiro atoms. The minimum absolute atomic E-state index is 0.185. The standard InChI is InChI=1S/C17H17FN2/c1-19-11-13-5-6-15-7-8-20(17(15)10-13)12-14-3-2-4-16(18)9-14/h2-10,19H,11-12H2,1H3. The van der Waals surface area contributed by atoms with Crippen LogP contribution in [-0.4, -0.2) is 11.6 Å². The monoisotopic (exact) mass is 268 g/mol. The maximum Gasteiger partial charge on any atom is 0.123 e. The lowest BCUT2D eigenvalue weighted by molar-refractivity contribution is 0.624. The molecule has 0 radical (unpaired) electrons. The number of nitrogens with one attached hydrogen (secondary N) is 1. The molecule has 0 amide bonds. The highest BCUT2D eigenvalue weighted by Gasteiger charge is 2.04. The van der Waals surface area contributed by atoms with E-state index in [0.29, 0.717) is 6.54 Å². The Kier molecular flexibility index (Phi) is 3.52. The predicted octanol–water partition coefficient (Wildman–Crippen LogP) is 3.55. The van der Waals surface area contributed by atoms with Crippen LogP contribution in [0.15, 0.2) is 54.7 Å². The van der Waals surface area contributed by atoms with Crippen molar-refractivity contribution in [3.8, 4) is 0 Å². The molecule has 1 heterocycles. The molecule has 0 aliphatic carbocycles. The Morgan fingerprint density at radius 2 is 1.95 bits per heavy atom. The molecule has 0 saturated carbocycles. The van der Waals surface area contributed by atoms with Crippen molar-refractivity contribution < 1.29 is 4.39 Å². The number of hydrogen-bond acceptors (Lipinski definition) is 1. The van der Waals surface area contributed by atoms with Crippen LogP contribution in [0, 0.1) is 5.82 Å². The molecule has 3 rings (SSSR count). The molecule has 102 valence electrons. The molecule has 1 N–H and O–H groups in total. The number of hydrogen-bond donors (Lipinski definition) is 1. The smallest absolute Gasteiger partial charge is 0.123 e. The van der Waals surface area contributed by atoms with Crippen LogP contribution >= 0.6 is 0 Å². The quantitative estimate of drug-likeness (QED) is 0.765. The van der Waals surface area contributed by atoms with Crippen LogP contribution in [0.25, 0.3) is 10.9 Å². The third-order valence-corrected chi connectivity index (χ3v) is 3.46. The number of fused-ring (bicyclic) bond motifs is 1. The zero-order valence-electron chi connectivity index (χ0n) is 11.4. The lowest BCUT2D eigenvalue weighted by Crippen LogP contribution is -2.05. The van der Waals surface area contributed by atoms with Gasteiger partial charge in [0, 0.05) is 24.8 Å². The summed E-state index contributed by atoms with van der Waals surface area (Å²) in [6, 6.07) is 15.3. The molecule has 0 fully saturated rings. The van der Waals surface area contributed by atoms with Gasteiger partial charge in [-0.05, 0) is 47.8 Å². The summed E-state index contributed by atoms with van der Waals surface area (Å²) >= 11 is 0. The van der Waals surface area contributed by atoms with Gasteiger partial charge in [-0.3, -0.25) is 0 Å². The average molecular weight is 268 g/mol. The maximum absolute atomic E-state index is 13.3. The van der Waals surface area contributed by atoms with Crippen LogP contribution in [0.4, 0.5) is 4.39 Å². The van der Waals surface area contributed by atoms with Gasteiger partial charge in [0.15, 0.2) is 0 Å². The molecule has 2 aromatic carbocycles. The van der Waals surface area contributed by atoms with Gasteiger partial charge in [0.1, 0.15) is 5.82 Å². The number of aromatic nitrogens is 1. The van der Waals surface area contributed by atoms with Gasteiger partial charge in [-0.2, -0.15) is 0 Å². The second-order valence-electron chi connectivity index (χ2n) is 5.00. The Balaban J connectivity index is 1.96. The van der Waals surface area contributed by atoms with Crippen molar-refractivity contribution in [1.82, 2.24) is 9.88 Å². The van der Waals surface area contributed by atoms with Crippen LogP contribution in [-0.2, 0) is 13.1 Å². The van der Waals surface area contributed by atoms with Crippen molar-refractivity contribution in [1.29, 1.82) is 0 Å². The summed E-state index contributed by atoms with van der Waals surface area (Å²) in [6.07, 6.45) is 2.05. The fourth-order valence-electron chi connectivity index (χ4n) is 2.51. The summed E-state index contributed by atoms with van der Waals surface area (Å²) in [5.41, 5.74) is 3.41. The largest absolute Gasteiger partial charge is 0.343 e. The number of rotatable bonds is 4. The second kappa shape index (κ2) is 5.47. The molecule has 0 aliphatic rings. The van der Waals surface area contributed by atoms with Gasteiger partial charge in [-0.15, -0.1) is 0 Å². The number of halogens is 1. The van der Waals surface area contributed by atoms with Crippen molar-refractivity contribution in [2.75, 3.05) is 7.05 Å². The predicted molar refractivity (Wildman–Crippen MR) is 80.2 cm³/mol. The summed E-state index contributed by atoms with van der Waals surface area (Å²) in [5.74, 6) is -0.185. The lowest BCUT2D eigenvalue weighted by Gasteiger charge is -2.07. The number of benzene rings is 2. The molecule has 20 heavy (non-hydrogen) atoms. The Morgan fingerprint density at radius 1 is 1.05 bits per heavy atom. The van der Waals surface area contributed by atoms with Crippen molar-refractivity contribution in [2.45, 2.75) is 13.1 Å². The van der Waals surface area contributed by atoms with Gasteiger partial charge < -0.3 is 9.88 Å². The van der Waals surface area contributed by atoms with E-state index in [9.17, 15) is 4.39 Å². The zero-order chi connectivity index (χ0) is 13.9. The summed E-state index contributed by atoms with van der Waals surface area (Å²) in [7, 11) is 1.94. The average Bonchev–Trinajstić information content (AvgIpc) is 2.82. The fourth-order valence-corrected chi connectivity index (χ4v) is 2.51. The molecule has 3 heteroatoms. The summed E-state index contributed by atoms with van der Waals surface area (Å²) in [4.78, 5) is 0. The van der Waals surface area contributed by atoms with Crippen LogP contribution in [0.3, 0.4) is 0 Å². The molecule has 2 nitrogen and oxygen atoms in total. The third kappa shape index (κ3) is 2.58. The van der Waals surface area contributed by atoms with Gasteiger partial charge in [0.2, 0.25) is 0 Å². The van der Waals surface area contributed by atoms with E-state index in [2.05, 4.69) is 40.3 Å². The van der Waals surface area contributed by atoms with Crippen LogP contribution < -0.4 is 5.32 Å². The van der Waals surface area contributed by atoms with E-state index in [1.165, 1.54) is 22.5 Å². The summed E-state index contributed by atoms with van der Waals surface area (Å²) < 4.78 is 15.4. The van der Waals surface area contributed by atoms with E-state index >= 15 is 0 Å². The summed E-state index contributed by atoms with van der Waals surface area (Å²) in [6.45, 7) is 1.53. The van der Waals surface area contributed by atoms with E-state index in [-0.39, 0.29) is 5.82 Å². The first kappa shape index (κ1) is 12.9. The normalized spacial score (nSPS) is 11.1. The highest BCUT2D eigenvalue weighted by atomic mass is 19.1. The van der Waals surface area contributed by atoms with E-state index in [0.717, 1.165) is 12.1 Å².